The molecule has 2 aromatic carbocycles. The highest BCUT2D eigenvalue weighted by Crippen LogP contribution is 2.30. The molecular formula is C15H13F3N2O2. The van der Waals surface area contributed by atoms with E-state index in [1.807, 2.05) is 0 Å². The van der Waals surface area contributed by atoms with Gasteiger partial charge >= 0.3 is 6.18 Å². The van der Waals surface area contributed by atoms with E-state index >= 15 is 0 Å². The lowest BCUT2D eigenvalue weighted by Gasteiger charge is -2.12. The number of para-hydroxylation sites is 1. The first-order valence-electron chi connectivity index (χ1n) is 6.28. The smallest absolute Gasteiger partial charge is 0.416 e. The van der Waals surface area contributed by atoms with Gasteiger partial charge in [0, 0.05) is 0 Å². The molecule has 2 aromatic rings. The lowest BCUT2D eigenvalue weighted by Crippen LogP contribution is -2.29. The largest absolute Gasteiger partial charge is 0.496 e. The second kappa shape index (κ2) is 6.38. The molecule has 7 heteroatoms. The van der Waals surface area contributed by atoms with E-state index in [4.69, 9.17) is 4.74 Å². The molecule has 0 aliphatic rings. The summed E-state index contributed by atoms with van der Waals surface area (Å²) in [4.78, 5) is 12.0. The van der Waals surface area contributed by atoms with Gasteiger partial charge in [0.1, 0.15) is 5.75 Å². The Hall–Kier alpha value is -2.70. The summed E-state index contributed by atoms with van der Waals surface area (Å²) in [5.41, 5.74) is 4.37. The number of rotatable bonds is 4. The Kier molecular flexibility index (Phi) is 4.55. The SMILES string of the molecule is COc1ccccc1C(=O)NNc1cccc(C(F)(F)F)c1. The second-order valence-corrected chi connectivity index (χ2v) is 4.36. The number of amides is 1. The van der Waals surface area contributed by atoms with E-state index in [0.29, 0.717) is 5.75 Å². The molecule has 2 N–H and O–H groups in total. The summed E-state index contributed by atoms with van der Waals surface area (Å²) in [5, 5.41) is 0. The molecule has 0 aliphatic carbocycles. The van der Waals surface area contributed by atoms with Crippen LogP contribution in [0, 0.1) is 0 Å². The summed E-state index contributed by atoms with van der Waals surface area (Å²) in [6, 6.07) is 11.0. The van der Waals surface area contributed by atoms with Crippen LogP contribution in [0.1, 0.15) is 15.9 Å². The topological polar surface area (TPSA) is 50.4 Å². The zero-order valence-electron chi connectivity index (χ0n) is 11.6. The highest BCUT2D eigenvalue weighted by atomic mass is 19.4. The molecule has 0 saturated heterocycles. The summed E-state index contributed by atoms with van der Waals surface area (Å²) < 4.78 is 42.8. The molecular weight excluding hydrogens is 297 g/mol. The van der Waals surface area contributed by atoms with E-state index in [-0.39, 0.29) is 11.3 Å². The van der Waals surface area contributed by atoms with Crippen LogP contribution in [0.25, 0.3) is 0 Å². The van der Waals surface area contributed by atoms with Crippen molar-refractivity contribution in [1.82, 2.24) is 5.43 Å². The molecule has 0 unspecified atom stereocenters. The number of hydrazine groups is 1. The Balaban J connectivity index is 2.08. The summed E-state index contributed by atoms with van der Waals surface area (Å²) in [6.45, 7) is 0. The first-order valence-corrected chi connectivity index (χ1v) is 6.28. The third-order valence-electron chi connectivity index (χ3n) is 2.86. The zero-order chi connectivity index (χ0) is 16.2. The summed E-state index contributed by atoms with van der Waals surface area (Å²) in [5.74, 6) is -0.152. The van der Waals surface area contributed by atoms with Crippen molar-refractivity contribution in [1.29, 1.82) is 0 Å². The number of carbonyl (C=O) groups is 1. The standard InChI is InChI=1S/C15H13F3N2O2/c1-22-13-8-3-2-7-12(13)14(21)20-19-11-6-4-5-10(9-11)15(16,17)18/h2-9,19H,1H3,(H,20,21). The molecule has 0 spiro atoms. The molecule has 4 nitrogen and oxygen atoms in total. The van der Waals surface area contributed by atoms with Crippen molar-refractivity contribution in [2.24, 2.45) is 0 Å². The van der Waals surface area contributed by atoms with E-state index in [0.717, 1.165) is 12.1 Å². The van der Waals surface area contributed by atoms with Gasteiger partial charge in [0.05, 0.1) is 23.9 Å². The molecule has 2 rings (SSSR count). The van der Waals surface area contributed by atoms with Gasteiger partial charge < -0.3 is 4.74 Å². The van der Waals surface area contributed by atoms with Crippen LogP contribution in [0.2, 0.25) is 0 Å². The van der Waals surface area contributed by atoms with Crippen molar-refractivity contribution in [2.75, 3.05) is 12.5 Å². The first kappa shape index (κ1) is 15.7. The van der Waals surface area contributed by atoms with Crippen LogP contribution in [0.4, 0.5) is 18.9 Å². The molecule has 116 valence electrons. The predicted molar refractivity (Wildman–Crippen MR) is 75.5 cm³/mol. The van der Waals surface area contributed by atoms with Gasteiger partial charge in [-0.3, -0.25) is 15.6 Å². The predicted octanol–water partition coefficient (Wildman–Crippen LogP) is 3.47. The maximum atomic E-state index is 12.6. The van der Waals surface area contributed by atoms with Gasteiger partial charge in [-0.15, -0.1) is 0 Å². The fourth-order valence-corrected chi connectivity index (χ4v) is 1.80. The molecule has 0 saturated carbocycles. The lowest BCUT2D eigenvalue weighted by atomic mass is 10.2. The van der Waals surface area contributed by atoms with Crippen molar-refractivity contribution in [3.63, 3.8) is 0 Å². The molecule has 0 radical (unpaired) electrons. The van der Waals surface area contributed by atoms with E-state index in [9.17, 15) is 18.0 Å². The van der Waals surface area contributed by atoms with Crippen molar-refractivity contribution in [3.05, 3.63) is 59.7 Å². The maximum Gasteiger partial charge on any atom is 0.416 e. The number of nitrogens with one attached hydrogen (secondary N) is 2. The van der Waals surface area contributed by atoms with Crippen LogP contribution >= 0.6 is 0 Å². The molecule has 0 aromatic heterocycles. The fraction of sp³-hybridized carbons (Fsp3) is 0.133. The maximum absolute atomic E-state index is 12.6. The Bertz CT molecular complexity index is 672. The first-order chi connectivity index (χ1) is 10.4. The minimum absolute atomic E-state index is 0.123. The fourth-order valence-electron chi connectivity index (χ4n) is 1.80. The molecule has 0 heterocycles. The second-order valence-electron chi connectivity index (χ2n) is 4.36. The Morgan fingerprint density at radius 3 is 2.50 bits per heavy atom. The van der Waals surface area contributed by atoms with Gasteiger partial charge in [-0.05, 0) is 30.3 Å². The number of hydrogen-bond donors (Lipinski definition) is 2. The van der Waals surface area contributed by atoms with E-state index in [2.05, 4.69) is 10.9 Å². The normalized spacial score (nSPS) is 10.9. The van der Waals surface area contributed by atoms with Crippen LogP contribution in [0.15, 0.2) is 48.5 Å². The third kappa shape index (κ3) is 3.69. The number of ether oxygens (including phenoxy) is 1. The van der Waals surface area contributed by atoms with Crippen molar-refractivity contribution in [3.8, 4) is 5.75 Å². The summed E-state index contributed by atoms with van der Waals surface area (Å²) in [6.07, 6.45) is -4.44. The average molecular weight is 310 g/mol. The Morgan fingerprint density at radius 1 is 1.09 bits per heavy atom. The third-order valence-corrected chi connectivity index (χ3v) is 2.86. The van der Waals surface area contributed by atoms with Crippen molar-refractivity contribution in [2.45, 2.75) is 6.18 Å². The number of halogens is 3. The van der Waals surface area contributed by atoms with Gasteiger partial charge in [-0.1, -0.05) is 18.2 Å². The van der Waals surface area contributed by atoms with Gasteiger partial charge in [0.15, 0.2) is 0 Å². The van der Waals surface area contributed by atoms with Crippen molar-refractivity contribution < 1.29 is 22.7 Å². The average Bonchev–Trinajstić information content (AvgIpc) is 2.52. The minimum atomic E-state index is -4.44. The van der Waals surface area contributed by atoms with Gasteiger partial charge in [0.25, 0.3) is 5.91 Å². The van der Waals surface area contributed by atoms with Crippen LogP contribution in [0.3, 0.4) is 0 Å². The van der Waals surface area contributed by atoms with Crippen LogP contribution in [-0.4, -0.2) is 13.0 Å². The molecule has 0 fully saturated rings. The number of carbonyl (C=O) groups excluding carboxylic acids is 1. The number of anilines is 1. The number of hydrogen-bond acceptors (Lipinski definition) is 3. The molecule has 22 heavy (non-hydrogen) atoms. The lowest BCUT2D eigenvalue weighted by molar-refractivity contribution is -0.137. The summed E-state index contributed by atoms with van der Waals surface area (Å²) in [7, 11) is 1.42. The number of methoxy groups -OCH3 is 1. The van der Waals surface area contributed by atoms with Gasteiger partial charge in [-0.25, -0.2) is 0 Å². The van der Waals surface area contributed by atoms with Crippen molar-refractivity contribution >= 4 is 11.6 Å². The van der Waals surface area contributed by atoms with E-state index in [1.54, 1.807) is 24.3 Å². The zero-order valence-corrected chi connectivity index (χ0v) is 11.6. The highest BCUT2D eigenvalue weighted by Gasteiger charge is 2.30. The Labute approximate surface area is 124 Å². The highest BCUT2D eigenvalue weighted by molar-refractivity contribution is 5.97. The molecule has 0 aliphatic heterocycles. The van der Waals surface area contributed by atoms with Gasteiger partial charge in [-0.2, -0.15) is 13.2 Å². The molecule has 0 bridgehead atoms. The molecule has 1 amide bonds. The van der Waals surface area contributed by atoms with Crippen LogP contribution in [0.5, 0.6) is 5.75 Å². The summed E-state index contributed by atoms with van der Waals surface area (Å²) >= 11 is 0. The monoisotopic (exact) mass is 310 g/mol. The van der Waals surface area contributed by atoms with E-state index in [1.165, 1.54) is 19.2 Å². The Morgan fingerprint density at radius 2 is 1.82 bits per heavy atom. The quantitative estimate of drug-likeness (QED) is 0.850. The number of alkyl halides is 3. The number of benzene rings is 2. The van der Waals surface area contributed by atoms with E-state index < -0.39 is 17.6 Å². The molecule has 0 atom stereocenters. The van der Waals surface area contributed by atoms with Gasteiger partial charge in [0.2, 0.25) is 0 Å². The minimum Gasteiger partial charge on any atom is -0.496 e. The van der Waals surface area contributed by atoms with Crippen LogP contribution < -0.4 is 15.6 Å². The van der Waals surface area contributed by atoms with Crippen LogP contribution in [-0.2, 0) is 6.18 Å².